The minimum atomic E-state index is -0.795. The van der Waals surface area contributed by atoms with E-state index in [1.54, 1.807) is 0 Å². The molecule has 0 amide bonds. The zero-order chi connectivity index (χ0) is 59.9. The lowest BCUT2D eigenvalue weighted by Gasteiger charge is -2.18. The van der Waals surface area contributed by atoms with E-state index in [9.17, 15) is 14.4 Å². The maximum absolute atomic E-state index is 12.9. The molecule has 0 saturated heterocycles. The summed E-state index contributed by atoms with van der Waals surface area (Å²) >= 11 is 0. The summed E-state index contributed by atoms with van der Waals surface area (Å²) in [7, 11) is 0. The molecule has 0 rings (SSSR count). The van der Waals surface area contributed by atoms with Gasteiger partial charge in [0.2, 0.25) is 0 Å². The Hall–Kier alpha value is -3.15. The number of unbranched alkanes of at least 4 members (excludes halogenated alkanes) is 44. The fraction of sp³-hybridized carbons (Fsp3) is 0.805. The zero-order valence-corrected chi connectivity index (χ0v) is 55.5. The highest BCUT2D eigenvalue weighted by Crippen LogP contribution is 2.19. The van der Waals surface area contributed by atoms with Crippen LogP contribution in [0, 0.1) is 0 Å². The van der Waals surface area contributed by atoms with E-state index in [0.717, 1.165) is 128 Å². The van der Waals surface area contributed by atoms with E-state index in [0.29, 0.717) is 19.3 Å². The molecule has 0 fully saturated rings. The van der Waals surface area contributed by atoms with Crippen molar-refractivity contribution in [2.45, 2.75) is 386 Å². The van der Waals surface area contributed by atoms with Crippen molar-refractivity contribution in [3.05, 3.63) is 72.9 Å². The summed E-state index contributed by atoms with van der Waals surface area (Å²) in [6.45, 7) is 6.48. The summed E-state index contributed by atoms with van der Waals surface area (Å²) in [4.78, 5) is 38.3. The normalized spacial score (nSPS) is 12.5. The van der Waals surface area contributed by atoms with Gasteiger partial charge in [0.05, 0.1) is 0 Å². The predicted octanol–water partition coefficient (Wildman–Crippen LogP) is 25.2. The van der Waals surface area contributed by atoms with Crippen molar-refractivity contribution in [2.75, 3.05) is 13.2 Å². The fourth-order valence-electron chi connectivity index (χ4n) is 10.8. The van der Waals surface area contributed by atoms with Crippen molar-refractivity contribution >= 4 is 17.9 Å². The molecule has 83 heavy (non-hydrogen) atoms. The molecule has 6 nitrogen and oxygen atoms in total. The zero-order valence-electron chi connectivity index (χ0n) is 55.5. The Morgan fingerprint density at radius 2 is 0.494 bits per heavy atom. The van der Waals surface area contributed by atoms with Gasteiger partial charge in [0, 0.05) is 19.3 Å². The molecule has 0 heterocycles. The van der Waals surface area contributed by atoms with E-state index in [4.69, 9.17) is 14.2 Å². The summed E-state index contributed by atoms with van der Waals surface area (Å²) in [5, 5.41) is 0. The summed E-state index contributed by atoms with van der Waals surface area (Å²) in [5.41, 5.74) is 0. The van der Waals surface area contributed by atoms with Crippen molar-refractivity contribution in [3.8, 4) is 0 Å². The smallest absolute Gasteiger partial charge is 0.306 e. The molecule has 1 unspecified atom stereocenters. The number of carbonyl (C=O) groups is 3. The van der Waals surface area contributed by atoms with Gasteiger partial charge in [0.15, 0.2) is 6.10 Å². The lowest BCUT2D eigenvalue weighted by Crippen LogP contribution is -2.30. The Morgan fingerprint density at radius 3 is 0.783 bits per heavy atom. The molecule has 0 aliphatic carbocycles. The molecule has 0 aromatic rings. The Labute approximate surface area is 516 Å². The van der Waals surface area contributed by atoms with Crippen LogP contribution in [0.5, 0.6) is 0 Å². The number of hydrogen-bond donors (Lipinski definition) is 0. The first-order valence-corrected chi connectivity index (χ1v) is 36.4. The lowest BCUT2D eigenvalue weighted by atomic mass is 10.0. The van der Waals surface area contributed by atoms with Crippen LogP contribution in [-0.4, -0.2) is 37.2 Å². The van der Waals surface area contributed by atoms with E-state index in [1.165, 1.54) is 212 Å². The Kier molecular flexibility index (Phi) is 68.6. The maximum atomic E-state index is 12.9. The van der Waals surface area contributed by atoms with Crippen LogP contribution in [0.4, 0.5) is 0 Å². The molecule has 0 aliphatic rings. The molecule has 0 radical (unpaired) electrons. The van der Waals surface area contributed by atoms with Gasteiger partial charge in [-0.1, -0.05) is 351 Å². The molecule has 482 valence electrons. The summed E-state index contributed by atoms with van der Waals surface area (Å²) in [5.74, 6) is -0.909. The van der Waals surface area contributed by atoms with Crippen molar-refractivity contribution in [1.82, 2.24) is 0 Å². The van der Waals surface area contributed by atoms with E-state index in [2.05, 4.69) is 93.7 Å². The number of allylic oxidation sites excluding steroid dienone is 12. The van der Waals surface area contributed by atoms with Crippen molar-refractivity contribution in [3.63, 3.8) is 0 Å². The van der Waals surface area contributed by atoms with Crippen molar-refractivity contribution in [2.24, 2.45) is 0 Å². The highest BCUT2D eigenvalue weighted by Gasteiger charge is 2.19. The molecule has 0 aromatic carbocycles. The SMILES string of the molecule is CC/C=C\C/C=C\C/C=C\C/C=C\CCCCCCC(=O)OC(COC(=O)CCCCCCC/C=C\C/C=C\CCC)COC(=O)CCCCCCCCCCCCCCCCCCCCCCCCCCCCCCCCCCCCC. The topological polar surface area (TPSA) is 78.9 Å². The second-order valence-electron chi connectivity index (χ2n) is 24.5. The second-order valence-corrected chi connectivity index (χ2v) is 24.5. The predicted molar refractivity (Wildman–Crippen MR) is 362 cm³/mol. The van der Waals surface area contributed by atoms with Crippen LogP contribution < -0.4 is 0 Å². The monoisotopic (exact) mass is 1160 g/mol. The van der Waals surface area contributed by atoms with Crippen LogP contribution in [0.1, 0.15) is 380 Å². The Morgan fingerprint density at radius 1 is 0.253 bits per heavy atom. The maximum Gasteiger partial charge on any atom is 0.306 e. The van der Waals surface area contributed by atoms with Crippen molar-refractivity contribution < 1.29 is 28.6 Å². The molecule has 0 bridgehead atoms. The molecule has 0 aliphatic heterocycles. The number of rotatable bonds is 67. The van der Waals surface area contributed by atoms with Crippen LogP contribution in [0.3, 0.4) is 0 Å². The minimum Gasteiger partial charge on any atom is -0.462 e. The average molecular weight is 1160 g/mol. The van der Waals surface area contributed by atoms with Crippen molar-refractivity contribution in [1.29, 1.82) is 0 Å². The molecule has 0 saturated carbocycles. The molecule has 0 N–H and O–H groups in total. The molecule has 0 spiro atoms. The van der Waals surface area contributed by atoms with Gasteiger partial charge in [-0.15, -0.1) is 0 Å². The van der Waals surface area contributed by atoms with Gasteiger partial charge in [0.25, 0.3) is 0 Å². The first-order valence-electron chi connectivity index (χ1n) is 36.4. The van der Waals surface area contributed by atoms with Gasteiger partial charge in [-0.25, -0.2) is 0 Å². The van der Waals surface area contributed by atoms with Crippen LogP contribution in [0.15, 0.2) is 72.9 Å². The van der Waals surface area contributed by atoms with E-state index in [1.807, 2.05) is 0 Å². The number of carbonyl (C=O) groups excluding carboxylic acids is 3. The van der Waals surface area contributed by atoms with Gasteiger partial charge >= 0.3 is 17.9 Å². The Balaban J connectivity index is 4.10. The fourth-order valence-corrected chi connectivity index (χ4v) is 10.8. The first-order chi connectivity index (χ1) is 41.0. The van der Waals surface area contributed by atoms with Gasteiger partial charge in [-0.05, 0) is 83.5 Å². The summed E-state index contributed by atoms with van der Waals surface area (Å²) in [6, 6.07) is 0. The summed E-state index contributed by atoms with van der Waals surface area (Å²) in [6.07, 6.45) is 94.0. The van der Waals surface area contributed by atoms with Crippen LogP contribution in [0.25, 0.3) is 0 Å². The van der Waals surface area contributed by atoms with E-state index >= 15 is 0 Å². The second kappa shape index (κ2) is 71.3. The molecule has 1 atom stereocenters. The quantitative estimate of drug-likeness (QED) is 0.0261. The molecular weight excluding hydrogens is 1020 g/mol. The van der Waals surface area contributed by atoms with Gasteiger partial charge in [-0.3, -0.25) is 14.4 Å². The molecule has 6 heteroatoms. The first kappa shape index (κ1) is 79.8. The Bertz CT molecular complexity index is 1520. The van der Waals surface area contributed by atoms with Gasteiger partial charge in [-0.2, -0.15) is 0 Å². The standard InChI is InChI=1S/C77H138O6/c1-4-7-10-13-16-19-22-25-27-29-30-31-32-33-34-35-36-37-38-39-40-41-42-43-44-45-46-48-49-52-55-58-61-64-67-70-76(79)82-73-74(72-81-75(78)69-66-63-60-57-54-51-24-21-18-15-12-9-6-3)83-77(80)71-68-65-62-59-56-53-50-47-28-26-23-20-17-14-11-8-5-2/h8,11-12,15,17,20-21,24,26,28,50,53,74H,4-7,9-10,13-14,16,18-19,22-23,25,27,29-49,51-52,54-73H2,1-3H3/b11-8-,15-12-,20-17-,24-21-,28-26-,53-50-. The van der Waals surface area contributed by atoms with Crippen LogP contribution in [0.2, 0.25) is 0 Å². The summed E-state index contributed by atoms with van der Waals surface area (Å²) < 4.78 is 16.9. The number of ether oxygens (including phenoxy) is 3. The number of esters is 3. The third kappa shape index (κ3) is 69.5. The largest absolute Gasteiger partial charge is 0.462 e. The molecule has 0 aromatic heterocycles. The highest BCUT2D eigenvalue weighted by atomic mass is 16.6. The third-order valence-electron chi connectivity index (χ3n) is 16.2. The minimum absolute atomic E-state index is 0.0874. The van der Waals surface area contributed by atoms with Crippen LogP contribution in [-0.2, 0) is 28.6 Å². The van der Waals surface area contributed by atoms with Crippen LogP contribution >= 0.6 is 0 Å². The lowest BCUT2D eigenvalue weighted by molar-refractivity contribution is -0.167. The average Bonchev–Trinajstić information content (AvgIpc) is 3.49. The van der Waals surface area contributed by atoms with Gasteiger partial charge < -0.3 is 14.2 Å². The van der Waals surface area contributed by atoms with E-state index < -0.39 is 6.10 Å². The highest BCUT2D eigenvalue weighted by molar-refractivity contribution is 5.71. The van der Waals surface area contributed by atoms with E-state index in [-0.39, 0.29) is 31.1 Å². The molecular formula is C77H138O6. The third-order valence-corrected chi connectivity index (χ3v) is 16.2. The number of hydrogen-bond acceptors (Lipinski definition) is 6. The van der Waals surface area contributed by atoms with Gasteiger partial charge in [0.1, 0.15) is 13.2 Å².